The largest absolute Gasteiger partial charge is 0.342 e. The highest BCUT2D eigenvalue weighted by atomic mass is 32.1. The second kappa shape index (κ2) is 6.86. The van der Waals surface area contributed by atoms with Crippen LogP contribution in [0.5, 0.6) is 0 Å². The molecule has 1 aliphatic heterocycles. The highest BCUT2D eigenvalue weighted by Gasteiger charge is 2.36. The van der Waals surface area contributed by atoms with Gasteiger partial charge in [-0.1, -0.05) is 38.5 Å². The summed E-state index contributed by atoms with van der Waals surface area (Å²) in [4.78, 5) is 43.7. The maximum absolute atomic E-state index is 12.5. The molecule has 1 aromatic rings. The molecule has 0 radical (unpaired) electrons. The normalized spacial score (nSPS) is 22.2. The molecule has 0 bridgehead atoms. The molecule has 2 aliphatic rings. The molecule has 1 atom stereocenters. The summed E-state index contributed by atoms with van der Waals surface area (Å²) < 4.78 is 0. The molecule has 0 spiro atoms. The van der Waals surface area contributed by atoms with Crippen LogP contribution >= 0.6 is 11.3 Å². The Morgan fingerprint density at radius 2 is 2.12 bits per heavy atom. The van der Waals surface area contributed by atoms with Crippen LogP contribution in [0.25, 0.3) is 0 Å². The number of carbonyl (C=O) groups excluding carboxylic acids is 3. The second-order valence-electron chi connectivity index (χ2n) is 7.82. The van der Waals surface area contributed by atoms with Crippen LogP contribution in [0.15, 0.2) is 0 Å². The predicted molar refractivity (Wildman–Crippen MR) is 96.8 cm³/mol. The number of ketones is 1. The van der Waals surface area contributed by atoms with Crippen LogP contribution in [-0.4, -0.2) is 40.6 Å². The van der Waals surface area contributed by atoms with Crippen molar-refractivity contribution >= 4 is 34.1 Å². The van der Waals surface area contributed by atoms with E-state index in [1.54, 1.807) is 4.90 Å². The maximum Gasteiger partial charge on any atom is 0.231 e. The van der Waals surface area contributed by atoms with Gasteiger partial charge in [-0.3, -0.25) is 14.4 Å². The quantitative estimate of drug-likeness (QED) is 0.872. The number of nitrogens with zero attached hydrogens (tertiary/aromatic N) is 2. The van der Waals surface area contributed by atoms with Crippen LogP contribution in [0.1, 0.15) is 61.8 Å². The summed E-state index contributed by atoms with van der Waals surface area (Å²) >= 11 is 1.26. The third-order valence-electron chi connectivity index (χ3n) is 4.83. The van der Waals surface area contributed by atoms with Gasteiger partial charge in [-0.05, 0) is 18.3 Å². The molecule has 1 N–H and O–H groups in total. The van der Waals surface area contributed by atoms with Crippen molar-refractivity contribution in [3.8, 4) is 0 Å². The minimum absolute atomic E-state index is 0.0453. The molecule has 0 unspecified atom stereocenters. The molecule has 25 heavy (non-hydrogen) atoms. The van der Waals surface area contributed by atoms with Gasteiger partial charge in [0.1, 0.15) is 0 Å². The average molecular weight is 363 g/mol. The fourth-order valence-corrected chi connectivity index (χ4v) is 4.42. The van der Waals surface area contributed by atoms with Crippen LogP contribution in [0, 0.1) is 11.3 Å². The van der Waals surface area contributed by atoms with Gasteiger partial charge in [0.2, 0.25) is 11.8 Å². The first-order chi connectivity index (χ1) is 11.8. The average Bonchev–Trinajstić information content (AvgIpc) is 3.07. The number of aromatic nitrogens is 1. The third-order valence-corrected chi connectivity index (χ3v) is 5.89. The van der Waals surface area contributed by atoms with E-state index in [1.165, 1.54) is 11.3 Å². The molecule has 1 aromatic heterocycles. The van der Waals surface area contributed by atoms with Crippen LogP contribution in [0.2, 0.25) is 0 Å². The zero-order valence-corrected chi connectivity index (χ0v) is 15.9. The molecular formula is C18H25N3O3S. The summed E-state index contributed by atoms with van der Waals surface area (Å²) in [5, 5.41) is 3.30. The van der Waals surface area contributed by atoms with Crippen LogP contribution < -0.4 is 5.32 Å². The summed E-state index contributed by atoms with van der Waals surface area (Å²) in [7, 11) is 0. The van der Waals surface area contributed by atoms with E-state index in [1.807, 2.05) is 0 Å². The van der Waals surface area contributed by atoms with Crippen molar-refractivity contribution in [1.82, 2.24) is 9.88 Å². The summed E-state index contributed by atoms with van der Waals surface area (Å²) in [6, 6.07) is 0. The van der Waals surface area contributed by atoms with E-state index in [-0.39, 0.29) is 35.4 Å². The number of likely N-dealkylation sites (tertiary alicyclic amines) is 1. The minimum Gasteiger partial charge on any atom is -0.342 e. The fourth-order valence-electron chi connectivity index (χ4n) is 3.49. The topological polar surface area (TPSA) is 79.4 Å². The van der Waals surface area contributed by atoms with Gasteiger partial charge < -0.3 is 10.2 Å². The molecule has 0 saturated carbocycles. The van der Waals surface area contributed by atoms with E-state index < -0.39 is 0 Å². The number of hydrogen-bond acceptors (Lipinski definition) is 5. The van der Waals surface area contributed by atoms with Crippen molar-refractivity contribution in [2.24, 2.45) is 11.3 Å². The van der Waals surface area contributed by atoms with Crippen LogP contribution in [0.3, 0.4) is 0 Å². The zero-order chi connectivity index (χ0) is 18.2. The lowest BCUT2D eigenvalue weighted by molar-refractivity contribution is -0.128. The number of nitrogens with one attached hydrogen (secondary N) is 1. The number of anilines is 1. The molecule has 2 heterocycles. The van der Waals surface area contributed by atoms with E-state index in [0.29, 0.717) is 29.5 Å². The predicted octanol–water partition coefficient (Wildman–Crippen LogP) is 2.89. The number of unbranched alkanes of at least 4 members (excludes halogenated alkanes) is 1. The standard InChI is InChI=1S/C18H25N3O3S/c1-4-5-6-21-10-11(7-14(21)23)16(24)20-17-19-12-8-18(2,3)9-13(22)15(12)25-17/h11H,4-10H2,1-3H3,(H,19,20,24)/t11-/m0/s1. The van der Waals surface area contributed by atoms with Crippen molar-refractivity contribution in [2.75, 3.05) is 18.4 Å². The maximum atomic E-state index is 12.5. The Kier molecular flexibility index (Phi) is 4.95. The van der Waals surface area contributed by atoms with Crippen LogP contribution in [-0.2, 0) is 16.0 Å². The Morgan fingerprint density at radius 1 is 1.36 bits per heavy atom. The van der Waals surface area contributed by atoms with Crippen LogP contribution in [0.4, 0.5) is 5.13 Å². The molecule has 0 aromatic carbocycles. The third kappa shape index (κ3) is 3.92. The van der Waals surface area contributed by atoms with Crippen molar-refractivity contribution in [2.45, 2.75) is 52.9 Å². The second-order valence-corrected chi connectivity index (χ2v) is 8.82. The van der Waals surface area contributed by atoms with Gasteiger partial charge in [0.25, 0.3) is 0 Å². The zero-order valence-electron chi connectivity index (χ0n) is 15.1. The van der Waals surface area contributed by atoms with Gasteiger partial charge in [-0.25, -0.2) is 4.98 Å². The van der Waals surface area contributed by atoms with Crippen molar-refractivity contribution in [3.05, 3.63) is 10.6 Å². The number of Topliss-reactive ketones (excluding diaryl/α,β-unsaturated/α-hetero) is 1. The lowest BCUT2D eigenvalue weighted by atomic mass is 9.78. The SMILES string of the molecule is CCCCN1C[C@@H](C(=O)Nc2nc3c(s2)C(=O)CC(C)(C)C3)CC1=O. The van der Waals surface area contributed by atoms with E-state index in [0.717, 1.165) is 25.0 Å². The molecule has 7 heteroatoms. The molecule has 6 nitrogen and oxygen atoms in total. The molecule has 1 saturated heterocycles. The minimum atomic E-state index is -0.336. The monoisotopic (exact) mass is 363 g/mol. The first-order valence-corrected chi connectivity index (χ1v) is 9.72. The van der Waals surface area contributed by atoms with Gasteiger partial charge in [-0.15, -0.1) is 0 Å². The summed E-state index contributed by atoms with van der Waals surface area (Å²) in [6.45, 7) is 7.38. The number of hydrogen-bond donors (Lipinski definition) is 1. The summed E-state index contributed by atoms with van der Waals surface area (Å²) in [6.07, 6.45) is 3.49. The van der Waals surface area contributed by atoms with E-state index in [4.69, 9.17) is 0 Å². The lowest BCUT2D eigenvalue weighted by Gasteiger charge is -2.26. The van der Waals surface area contributed by atoms with E-state index >= 15 is 0 Å². The lowest BCUT2D eigenvalue weighted by Crippen LogP contribution is -2.29. The first-order valence-electron chi connectivity index (χ1n) is 8.90. The molecule has 3 rings (SSSR count). The van der Waals surface area contributed by atoms with Gasteiger partial charge in [0.05, 0.1) is 16.5 Å². The Labute approximate surface area is 152 Å². The Bertz CT molecular complexity index is 710. The number of amides is 2. The number of rotatable bonds is 5. The van der Waals surface area contributed by atoms with Crippen molar-refractivity contribution < 1.29 is 14.4 Å². The Morgan fingerprint density at radius 3 is 2.84 bits per heavy atom. The molecule has 136 valence electrons. The molecule has 1 aliphatic carbocycles. The Hall–Kier alpha value is -1.76. The van der Waals surface area contributed by atoms with E-state index in [2.05, 4.69) is 31.1 Å². The number of fused-ring (bicyclic) bond motifs is 1. The van der Waals surface area contributed by atoms with Gasteiger partial charge in [0.15, 0.2) is 10.9 Å². The number of thiazole rings is 1. The van der Waals surface area contributed by atoms with Gasteiger partial charge in [0, 0.05) is 25.9 Å². The summed E-state index contributed by atoms with van der Waals surface area (Å²) in [5.41, 5.74) is 0.700. The number of carbonyl (C=O) groups is 3. The summed E-state index contributed by atoms with van der Waals surface area (Å²) in [5.74, 6) is -0.363. The van der Waals surface area contributed by atoms with Gasteiger partial charge >= 0.3 is 0 Å². The molecule has 2 amide bonds. The van der Waals surface area contributed by atoms with Crippen molar-refractivity contribution in [3.63, 3.8) is 0 Å². The molecule has 1 fully saturated rings. The van der Waals surface area contributed by atoms with E-state index in [9.17, 15) is 14.4 Å². The smallest absolute Gasteiger partial charge is 0.231 e. The van der Waals surface area contributed by atoms with Gasteiger partial charge in [-0.2, -0.15) is 0 Å². The van der Waals surface area contributed by atoms with Crippen molar-refractivity contribution in [1.29, 1.82) is 0 Å². The Balaban J connectivity index is 1.65. The molecular weight excluding hydrogens is 338 g/mol. The highest BCUT2D eigenvalue weighted by molar-refractivity contribution is 7.17. The highest BCUT2D eigenvalue weighted by Crippen LogP contribution is 2.38. The first kappa shape index (κ1) is 18.0. The fraction of sp³-hybridized carbons (Fsp3) is 0.667.